The summed E-state index contributed by atoms with van der Waals surface area (Å²) in [4.78, 5) is 0. The third kappa shape index (κ3) is 1.69. The summed E-state index contributed by atoms with van der Waals surface area (Å²) in [5.74, 6) is -0.347. The van der Waals surface area contributed by atoms with Crippen LogP contribution in [0.5, 0.6) is 0 Å². The lowest BCUT2D eigenvalue weighted by Gasteiger charge is -1.87. The van der Waals surface area contributed by atoms with Crippen LogP contribution in [0.3, 0.4) is 0 Å². The lowest BCUT2D eigenvalue weighted by atomic mass is 10.2. The highest BCUT2D eigenvalue weighted by atomic mass is 19.1. The molecule has 1 aliphatic rings. The van der Waals surface area contributed by atoms with E-state index in [4.69, 9.17) is 5.11 Å². The van der Waals surface area contributed by atoms with Crippen molar-refractivity contribution in [2.24, 2.45) is 0 Å². The lowest BCUT2D eigenvalue weighted by molar-refractivity contribution is 0.335. The van der Waals surface area contributed by atoms with Gasteiger partial charge in [-0.15, -0.1) is 5.73 Å². The summed E-state index contributed by atoms with van der Waals surface area (Å²) in [6.07, 6.45) is 5.58. The molecule has 52 valence electrons. The quantitative estimate of drug-likeness (QED) is 0.544. The molecule has 0 saturated heterocycles. The molecule has 1 aliphatic carbocycles. The largest absolute Gasteiger partial charge is 0.392 e. The van der Waals surface area contributed by atoms with E-state index in [0.717, 1.165) is 0 Å². The Morgan fingerprint density at radius 1 is 1.40 bits per heavy atom. The van der Waals surface area contributed by atoms with Crippen LogP contribution in [-0.4, -0.2) is 11.7 Å². The van der Waals surface area contributed by atoms with Gasteiger partial charge >= 0.3 is 0 Å². The van der Waals surface area contributed by atoms with Gasteiger partial charge in [-0.05, 0) is 17.7 Å². The molecule has 0 fully saturated rings. The maximum absolute atomic E-state index is 12.4. The van der Waals surface area contributed by atoms with Gasteiger partial charge in [-0.1, -0.05) is 6.08 Å². The van der Waals surface area contributed by atoms with Gasteiger partial charge in [0.25, 0.3) is 0 Å². The smallest absolute Gasteiger partial charge is 0.130 e. The first kappa shape index (κ1) is 7.00. The molecular weight excluding hydrogens is 131 g/mol. The highest BCUT2D eigenvalue weighted by Crippen LogP contribution is 2.05. The normalized spacial score (nSPS) is 16.2. The topological polar surface area (TPSA) is 20.2 Å². The Labute approximate surface area is 58.5 Å². The van der Waals surface area contributed by atoms with Crippen molar-refractivity contribution in [3.63, 3.8) is 0 Å². The third-order valence-corrected chi connectivity index (χ3v) is 1.13. The molecular formula is C8H7FO. The van der Waals surface area contributed by atoms with Crippen molar-refractivity contribution >= 4 is 0 Å². The standard InChI is InChI=1S/C8H7FO/c9-8-3-1-2-7(6-10)4-5-8/h2-5,10H,6H2. The maximum atomic E-state index is 12.4. The van der Waals surface area contributed by atoms with Crippen molar-refractivity contribution in [2.75, 3.05) is 6.61 Å². The first-order chi connectivity index (χ1) is 4.83. The number of hydrogen-bond donors (Lipinski definition) is 1. The molecule has 0 saturated carbocycles. The van der Waals surface area contributed by atoms with E-state index in [1.165, 1.54) is 18.2 Å². The molecule has 1 N–H and O–H groups in total. The van der Waals surface area contributed by atoms with Crippen molar-refractivity contribution < 1.29 is 9.50 Å². The van der Waals surface area contributed by atoms with Gasteiger partial charge in [0.2, 0.25) is 0 Å². The van der Waals surface area contributed by atoms with Crippen LogP contribution in [0.2, 0.25) is 0 Å². The van der Waals surface area contributed by atoms with Crippen molar-refractivity contribution in [3.8, 4) is 0 Å². The van der Waals surface area contributed by atoms with Crippen LogP contribution >= 0.6 is 0 Å². The minimum atomic E-state index is -0.347. The van der Waals surface area contributed by atoms with Crippen LogP contribution in [0, 0.1) is 0 Å². The van der Waals surface area contributed by atoms with Gasteiger partial charge in [0.05, 0.1) is 6.61 Å². The number of hydrogen-bond acceptors (Lipinski definition) is 1. The number of allylic oxidation sites excluding steroid dienone is 3. The maximum Gasteiger partial charge on any atom is 0.130 e. The van der Waals surface area contributed by atoms with Gasteiger partial charge in [-0.25, -0.2) is 4.39 Å². The molecule has 0 spiro atoms. The predicted octanol–water partition coefficient (Wildman–Crippen LogP) is 1.48. The molecule has 0 heterocycles. The van der Waals surface area contributed by atoms with Crippen molar-refractivity contribution in [1.82, 2.24) is 0 Å². The molecule has 0 radical (unpaired) electrons. The summed E-state index contributed by atoms with van der Waals surface area (Å²) in [6.45, 7) is -0.0788. The second-order valence-corrected chi connectivity index (χ2v) is 1.91. The van der Waals surface area contributed by atoms with Crippen molar-refractivity contribution in [3.05, 3.63) is 41.4 Å². The summed E-state index contributed by atoms with van der Waals surface area (Å²) in [5, 5.41) is 8.60. The van der Waals surface area contributed by atoms with E-state index >= 15 is 0 Å². The molecule has 1 nitrogen and oxygen atoms in total. The lowest BCUT2D eigenvalue weighted by Crippen LogP contribution is -1.82. The first-order valence-electron chi connectivity index (χ1n) is 2.92. The molecule has 2 heteroatoms. The SMILES string of the molecule is OCC1=CC=C(F)C=C=C1. The highest BCUT2D eigenvalue weighted by molar-refractivity contribution is 5.31. The molecule has 0 amide bonds. The molecule has 0 aliphatic heterocycles. The van der Waals surface area contributed by atoms with Crippen LogP contribution in [0.1, 0.15) is 0 Å². The van der Waals surface area contributed by atoms with Crippen molar-refractivity contribution in [1.29, 1.82) is 0 Å². The van der Waals surface area contributed by atoms with E-state index in [9.17, 15) is 4.39 Å². The average molecular weight is 138 g/mol. The van der Waals surface area contributed by atoms with E-state index in [1.807, 2.05) is 0 Å². The molecule has 0 bridgehead atoms. The summed E-state index contributed by atoms with van der Waals surface area (Å²) in [6, 6.07) is 0. The Morgan fingerprint density at radius 2 is 2.20 bits per heavy atom. The third-order valence-electron chi connectivity index (χ3n) is 1.13. The molecule has 0 aromatic rings. The van der Waals surface area contributed by atoms with Crippen LogP contribution in [-0.2, 0) is 0 Å². The van der Waals surface area contributed by atoms with E-state index in [-0.39, 0.29) is 12.4 Å². The minimum Gasteiger partial charge on any atom is -0.392 e. The van der Waals surface area contributed by atoms with E-state index in [2.05, 4.69) is 5.73 Å². The minimum absolute atomic E-state index is 0.0788. The predicted molar refractivity (Wildman–Crippen MR) is 37.0 cm³/mol. The summed E-state index contributed by atoms with van der Waals surface area (Å²) in [7, 11) is 0. The zero-order chi connectivity index (χ0) is 7.40. The number of aliphatic hydroxyl groups is 1. The Morgan fingerprint density at radius 3 is 2.90 bits per heavy atom. The molecule has 0 aromatic carbocycles. The van der Waals surface area contributed by atoms with Gasteiger partial charge in [-0.2, -0.15) is 0 Å². The molecule has 0 unspecified atom stereocenters. The van der Waals surface area contributed by atoms with Gasteiger partial charge < -0.3 is 5.11 Å². The molecule has 1 rings (SSSR count). The Bertz CT molecular complexity index is 242. The fraction of sp³-hybridized carbons (Fsp3) is 0.125. The fourth-order valence-electron chi connectivity index (χ4n) is 0.610. The van der Waals surface area contributed by atoms with Crippen LogP contribution < -0.4 is 0 Å². The van der Waals surface area contributed by atoms with Crippen molar-refractivity contribution in [2.45, 2.75) is 0 Å². The molecule has 0 aromatic heterocycles. The van der Waals surface area contributed by atoms with E-state index in [1.54, 1.807) is 6.08 Å². The summed E-state index contributed by atoms with van der Waals surface area (Å²) in [5.41, 5.74) is 3.23. The van der Waals surface area contributed by atoms with Crippen LogP contribution in [0.4, 0.5) is 4.39 Å². The first-order valence-corrected chi connectivity index (χ1v) is 2.92. The Balaban J connectivity index is 2.91. The highest BCUT2D eigenvalue weighted by Gasteiger charge is 1.91. The number of halogens is 1. The van der Waals surface area contributed by atoms with Gasteiger partial charge in [0, 0.05) is 6.08 Å². The Hall–Kier alpha value is -1.11. The van der Waals surface area contributed by atoms with E-state index < -0.39 is 0 Å². The second kappa shape index (κ2) is 3.16. The fourth-order valence-corrected chi connectivity index (χ4v) is 0.610. The monoisotopic (exact) mass is 138 g/mol. The van der Waals surface area contributed by atoms with Gasteiger partial charge in [0.15, 0.2) is 0 Å². The van der Waals surface area contributed by atoms with Crippen LogP contribution in [0.15, 0.2) is 41.4 Å². The van der Waals surface area contributed by atoms with E-state index in [0.29, 0.717) is 5.57 Å². The van der Waals surface area contributed by atoms with Gasteiger partial charge in [-0.3, -0.25) is 0 Å². The Kier molecular flexibility index (Phi) is 2.21. The van der Waals surface area contributed by atoms with Crippen LogP contribution in [0.25, 0.3) is 0 Å². The second-order valence-electron chi connectivity index (χ2n) is 1.91. The average Bonchev–Trinajstić information content (AvgIpc) is 2.14. The summed E-state index contributed by atoms with van der Waals surface area (Å²) < 4.78 is 12.4. The molecule has 10 heavy (non-hydrogen) atoms. The zero-order valence-electron chi connectivity index (χ0n) is 5.34. The molecule has 0 atom stereocenters. The zero-order valence-corrected chi connectivity index (χ0v) is 5.34. The number of aliphatic hydroxyl groups excluding tert-OH is 1. The van der Waals surface area contributed by atoms with Gasteiger partial charge in [0.1, 0.15) is 5.83 Å². The number of rotatable bonds is 1. The summed E-state index contributed by atoms with van der Waals surface area (Å²) >= 11 is 0.